The highest BCUT2D eigenvalue weighted by Crippen LogP contribution is 2.24. The number of amides is 1. The van der Waals surface area contributed by atoms with Crippen molar-refractivity contribution in [3.8, 4) is 11.5 Å². The molecule has 0 atom stereocenters. The Labute approximate surface area is 209 Å². The van der Waals surface area contributed by atoms with E-state index in [2.05, 4.69) is 10.4 Å². The smallest absolute Gasteiger partial charge is 0.249 e. The molecule has 0 saturated heterocycles. The second-order valence-electron chi connectivity index (χ2n) is 7.97. The molecule has 1 N–H and O–H groups in total. The van der Waals surface area contributed by atoms with Gasteiger partial charge in [-0.1, -0.05) is 48.0 Å². The van der Waals surface area contributed by atoms with Gasteiger partial charge in [0, 0.05) is 28.9 Å². The molecule has 0 aliphatic heterocycles. The van der Waals surface area contributed by atoms with E-state index in [1.807, 2.05) is 79.9 Å². The van der Waals surface area contributed by atoms with Gasteiger partial charge in [-0.15, -0.1) is 0 Å². The molecule has 178 valence electrons. The predicted octanol–water partition coefficient (Wildman–Crippen LogP) is 6.13. The third-order valence-electron chi connectivity index (χ3n) is 5.36. The third kappa shape index (κ3) is 6.74. The molecule has 3 aromatic carbocycles. The van der Waals surface area contributed by atoms with Crippen LogP contribution in [-0.4, -0.2) is 22.8 Å². The lowest BCUT2D eigenvalue weighted by Crippen LogP contribution is -2.09. The van der Waals surface area contributed by atoms with E-state index in [0.29, 0.717) is 24.0 Å². The van der Waals surface area contributed by atoms with Gasteiger partial charge in [-0.3, -0.25) is 9.48 Å². The number of rotatable bonds is 9. The number of aromatic nitrogens is 2. The molecular formula is C28H26ClN3O3. The molecule has 7 heteroatoms. The zero-order chi connectivity index (χ0) is 24.6. The average molecular weight is 488 g/mol. The molecule has 6 nitrogen and oxygen atoms in total. The number of carbonyl (C=O) groups excluding carboxylic acids is 1. The number of benzene rings is 3. The Bertz CT molecular complexity index is 1330. The van der Waals surface area contributed by atoms with Gasteiger partial charge in [0.25, 0.3) is 0 Å². The molecule has 35 heavy (non-hydrogen) atoms. The second kappa shape index (κ2) is 11.4. The second-order valence-corrected chi connectivity index (χ2v) is 8.41. The summed E-state index contributed by atoms with van der Waals surface area (Å²) in [6, 6.07) is 22.9. The van der Waals surface area contributed by atoms with Gasteiger partial charge in [0.1, 0.15) is 18.1 Å². The summed E-state index contributed by atoms with van der Waals surface area (Å²) in [7, 11) is 1.63. The lowest BCUT2D eigenvalue weighted by atomic mass is 10.1. The van der Waals surface area contributed by atoms with Gasteiger partial charge in [-0.05, 0) is 60.0 Å². The molecular weight excluding hydrogens is 462 g/mol. The number of nitrogens with zero attached hydrogens (tertiary/aromatic N) is 2. The van der Waals surface area contributed by atoms with E-state index in [1.165, 1.54) is 6.08 Å². The lowest BCUT2D eigenvalue weighted by molar-refractivity contribution is -0.111. The number of hydrogen-bond donors (Lipinski definition) is 1. The fourth-order valence-electron chi connectivity index (χ4n) is 3.52. The number of nitrogens with one attached hydrogen (secondary N) is 1. The van der Waals surface area contributed by atoms with E-state index in [0.717, 1.165) is 33.8 Å². The summed E-state index contributed by atoms with van der Waals surface area (Å²) >= 11 is 5.93. The van der Waals surface area contributed by atoms with E-state index >= 15 is 0 Å². The van der Waals surface area contributed by atoms with Crippen LogP contribution in [0, 0.1) is 6.92 Å². The van der Waals surface area contributed by atoms with Gasteiger partial charge in [0.15, 0.2) is 5.82 Å². The Balaban J connectivity index is 1.37. The first-order chi connectivity index (χ1) is 17.0. The van der Waals surface area contributed by atoms with Crippen LogP contribution in [0.5, 0.6) is 11.5 Å². The van der Waals surface area contributed by atoms with Crippen molar-refractivity contribution in [2.75, 3.05) is 12.4 Å². The Morgan fingerprint density at radius 1 is 1.06 bits per heavy atom. The van der Waals surface area contributed by atoms with Crippen LogP contribution >= 0.6 is 11.6 Å². The van der Waals surface area contributed by atoms with E-state index in [9.17, 15) is 4.79 Å². The molecule has 0 radical (unpaired) electrons. The maximum absolute atomic E-state index is 12.4. The fraction of sp³-hybridized carbons (Fsp3) is 0.143. The van der Waals surface area contributed by atoms with E-state index in [4.69, 9.17) is 21.1 Å². The Morgan fingerprint density at radius 3 is 2.63 bits per heavy atom. The van der Waals surface area contributed by atoms with E-state index in [-0.39, 0.29) is 5.91 Å². The van der Waals surface area contributed by atoms with Crippen molar-refractivity contribution in [1.82, 2.24) is 9.78 Å². The molecule has 0 bridgehead atoms. The van der Waals surface area contributed by atoms with Crippen molar-refractivity contribution in [1.29, 1.82) is 0 Å². The van der Waals surface area contributed by atoms with Crippen LogP contribution in [0.4, 0.5) is 5.82 Å². The summed E-state index contributed by atoms with van der Waals surface area (Å²) in [6.45, 7) is 2.94. The molecule has 1 heterocycles. The van der Waals surface area contributed by atoms with Crippen LogP contribution in [0.15, 0.2) is 85.1 Å². The summed E-state index contributed by atoms with van der Waals surface area (Å²) in [5, 5.41) is 7.89. The van der Waals surface area contributed by atoms with Crippen molar-refractivity contribution in [2.45, 2.75) is 20.1 Å². The van der Waals surface area contributed by atoms with Crippen molar-refractivity contribution < 1.29 is 14.3 Å². The first-order valence-corrected chi connectivity index (χ1v) is 11.5. The Morgan fingerprint density at radius 2 is 1.86 bits per heavy atom. The summed E-state index contributed by atoms with van der Waals surface area (Å²) in [4.78, 5) is 12.4. The minimum Gasteiger partial charge on any atom is -0.496 e. The number of ether oxygens (including phenoxy) is 2. The van der Waals surface area contributed by atoms with Crippen LogP contribution in [0.25, 0.3) is 6.08 Å². The topological polar surface area (TPSA) is 65.4 Å². The molecule has 0 aliphatic carbocycles. The predicted molar refractivity (Wildman–Crippen MR) is 139 cm³/mol. The molecule has 0 fully saturated rings. The average Bonchev–Trinajstić information content (AvgIpc) is 3.30. The number of halogens is 1. The normalized spacial score (nSPS) is 10.9. The highest BCUT2D eigenvalue weighted by molar-refractivity contribution is 6.30. The Hall–Kier alpha value is -4.03. The van der Waals surface area contributed by atoms with Crippen LogP contribution in [0.3, 0.4) is 0 Å². The largest absolute Gasteiger partial charge is 0.496 e. The molecule has 4 rings (SSSR count). The van der Waals surface area contributed by atoms with Gasteiger partial charge in [-0.2, -0.15) is 5.10 Å². The third-order valence-corrected chi connectivity index (χ3v) is 5.61. The maximum atomic E-state index is 12.4. The number of hydrogen-bond acceptors (Lipinski definition) is 4. The summed E-state index contributed by atoms with van der Waals surface area (Å²) < 4.78 is 13.2. The Kier molecular flexibility index (Phi) is 7.85. The number of methoxy groups -OCH3 is 1. The van der Waals surface area contributed by atoms with Gasteiger partial charge >= 0.3 is 0 Å². The molecule has 0 spiro atoms. The van der Waals surface area contributed by atoms with Crippen LogP contribution < -0.4 is 14.8 Å². The highest BCUT2D eigenvalue weighted by atomic mass is 35.5. The maximum Gasteiger partial charge on any atom is 0.249 e. The molecule has 1 amide bonds. The standard InChI is InChI=1S/C28H26ClN3O3/c1-20-5-3-4-6-25(20)35-19-23-17-21(9-13-26(23)34-2)10-14-28(33)30-27-15-16-32(31-27)18-22-7-11-24(29)12-8-22/h3-17H,18-19H2,1-2H3,(H,30,31,33)/b14-10+. The van der Waals surface area contributed by atoms with Crippen molar-refractivity contribution in [2.24, 2.45) is 0 Å². The van der Waals surface area contributed by atoms with Crippen LogP contribution in [0.1, 0.15) is 22.3 Å². The zero-order valence-corrected chi connectivity index (χ0v) is 20.3. The summed E-state index contributed by atoms with van der Waals surface area (Å²) in [5.41, 5.74) is 3.88. The van der Waals surface area contributed by atoms with Crippen LogP contribution in [0.2, 0.25) is 5.02 Å². The molecule has 0 aliphatic rings. The van der Waals surface area contributed by atoms with Gasteiger partial charge in [0.05, 0.1) is 13.7 Å². The molecule has 1 aromatic heterocycles. The first kappa shape index (κ1) is 24.1. The lowest BCUT2D eigenvalue weighted by Gasteiger charge is -2.12. The molecule has 0 unspecified atom stereocenters. The minimum absolute atomic E-state index is 0.268. The van der Waals surface area contributed by atoms with Gasteiger partial charge in [-0.25, -0.2) is 0 Å². The molecule has 0 saturated carbocycles. The van der Waals surface area contributed by atoms with Crippen molar-refractivity contribution in [3.63, 3.8) is 0 Å². The van der Waals surface area contributed by atoms with Crippen LogP contribution in [-0.2, 0) is 17.9 Å². The summed E-state index contributed by atoms with van der Waals surface area (Å²) in [5.74, 6) is 1.77. The van der Waals surface area contributed by atoms with Crippen molar-refractivity contribution in [3.05, 3.63) is 112 Å². The monoisotopic (exact) mass is 487 g/mol. The summed E-state index contributed by atoms with van der Waals surface area (Å²) in [6.07, 6.45) is 5.04. The van der Waals surface area contributed by atoms with Gasteiger partial charge in [0.2, 0.25) is 5.91 Å². The number of carbonyl (C=O) groups is 1. The van der Waals surface area contributed by atoms with Crippen molar-refractivity contribution >= 4 is 29.4 Å². The molecule has 4 aromatic rings. The first-order valence-electron chi connectivity index (χ1n) is 11.1. The minimum atomic E-state index is -0.268. The number of para-hydroxylation sites is 1. The fourth-order valence-corrected chi connectivity index (χ4v) is 3.65. The van der Waals surface area contributed by atoms with Gasteiger partial charge < -0.3 is 14.8 Å². The SMILES string of the molecule is COc1ccc(/C=C/C(=O)Nc2ccn(Cc3ccc(Cl)cc3)n2)cc1COc1ccccc1C. The van der Waals surface area contributed by atoms with E-state index < -0.39 is 0 Å². The zero-order valence-electron chi connectivity index (χ0n) is 19.6. The number of anilines is 1. The highest BCUT2D eigenvalue weighted by Gasteiger charge is 2.07. The number of aryl methyl sites for hydroxylation is 1. The van der Waals surface area contributed by atoms with E-state index in [1.54, 1.807) is 23.9 Å². The quantitative estimate of drug-likeness (QED) is 0.288.